The Hall–Kier alpha value is -2.57. The number of phenolic OH excluding ortho intramolecular Hbond substituents is 2. The van der Waals surface area contributed by atoms with Crippen molar-refractivity contribution in [2.75, 3.05) is 11.5 Å². The minimum atomic E-state index is -4.73. The first-order valence-electron chi connectivity index (χ1n) is 5.48. The minimum Gasteiger partial charge on any atom is -0.506 e. The van der Waals surface area contributed by atoms with Gasteiger partial charge < -0.3 is 21.7 Å². The van der Waals surface area contributed by atoms with Crippen molar-refractivity contribution >= 4 is 11.4 Å². The normalized spacial score (nSPS) is 11.6. The molecule has 6 N–H and O–H groups in total. The van der Waals surface area contributed by atoms with Crippen LogP contribution in [-0.4, -0.2) is 10.2 Å². The van der Waals surface area contributed by atoms with Gasteiger partial charge in [-0.3, -0.25) is 0 Å². The molecular formula is C13H11F3N2O2. The molecule has 20 heavy (non-hydrogen) atoms. The Morgan fingerprint density at radius 1 is 0.850 bits per heavy atom. The van der Waals surface area contributed by atoms with E-state index in [1.54, 1.807) is 0 Å². The Labute approximate surface area is 112 Å². The fourth-order valence-electron chi connectivity index (χ4n) is 1.76. The summed E-state index contributed by atoms with van der Waals surface area (Å²) in [4.78, 5) is 0. The van der Waals surface area contributed by atoms with Gasteiger partial charge in [0.05, 0.1) is 16.9 Å². The monoisotopic (exact) mass is 284 g/mol. The van der Waals surface area contributed by atoms with Crippen LogP contribution in [0.1, 0.15) is 5.56 Å². The highest BCUT2D eigenvalue weighted by Gasteiger charge is 2.35. The maximum atomic E-state index is 12.8. The Morgan fingerprint density at radius 3 is 2.05 bits per heavy atom. The third-order valence-electron chi connectivity index (χ3n) is 2.81. The molecule has 2 rings (SSSR count). The molecule has 0 aliphatic heterocycles. The SMILES string of the molecule is Nc1ccc(-c2cc(N)c(O)c(C(F)(F)F)c2)cc1O. The van der Waals surface area contributed by atoms with E-state index in [-0.39, 0.29) is 17.0 Å². The van der Waals surface area contributed by atoms with Gasteiger partial charge in [-0.25, -0.2) is 0 Å². The number of hydrogen-bond donors (Lipinski definition) is 4. The summed E-state index contributed by atoms with van der Waals surface area (Å²) < 4.78 is 38.3. The molecule has 0 aliphatic rings. The van der Waals surface area contributed by atoms with Crippen molar-refractivity contribution in [2.24, 2.45) is 0 Å². The van der Waals surface area contributed by atoms with E-state index >= 15 is 0 Å². The van der Waals surface area contributed by atoms with Crippen LogP contribution in [0.2, 0.25) is 0 Å². The third-order valence-corrected chi connectivity index (χ3v) is 2.81. The van der Waals surface area contributed by atoms with Crippen LogP contribution in [-0.2, 0) is 6.18 Å². The summed E-state index contributed by atoms with van der Waals surface area (Å²) in [5.74, 6) is -1.26. The Kier molecular flexibility index (Phi) is 3.13. The molecule has 0 radical (unpaired) electrons. The van der Waals surface area contributed by atoms with Gasteiger partial charge in [0.1, 0.15) is 5.75 Å². The lowest BCUT2D eigenvalue weighted by molar-refractivity contribution is -0.138. The van der Waals surface area contributed by atoms with Crippen molar-refractivity contribution in [3.63, 3.8) is 0 Å². The summed E-state index contributed by atoms with van der Waals surface area (Å²) in [5.41, 5.74) is 9.70. The number of rotatable bonds is 1. The van der Waals surface area contributed by atoms with Crippen LogP contribution in [0.3, 0.4) is 0 Å². The average Bonchev–Trinajstić information content (AvgIpc) is 2.34. The van der Waals surface area contributed by atoms with E-state index in [4.69, 9.17) is 11.5 Å². The lowest BCUT2D eigenvalue weighted by Gasteiger charge is -2.13. The van der Waals surface area contributed by atoms with Crippen molar-refractivity contribution in [3.8, 4) is 22.6 Å². The van der Waals surface area contributed by atoms with Crippen molar-refractivity contribution in [1.82, 2.24) is 0 Å². The summed E-state index contributed by atoms with van der Waals surface area (Å²) in [6.45, 7) is 0. The molecule has 0 bridgehead atoms. The van der Waals surface area contributed by atoms with Crippen LogP contribution in [0.5, 0.6) is 11.5 Å². The molecule has 7 heteroatoms. The molecule has 2 aromatic carbocycles. The number of hydrogen-bond acceptors (Lipinski definition) is 4. The van der Waals surface area contributed by atoms with Crippen molar-refractivity contribution in [2.45, 2.75) is 6.18 Å². The quantitative estimate of drug-likeness (QED) is 0.478. The Bertz CT molecular complexity index is 669. The number of alkyl halides is 3. The molecule has 106 valence electrons. The van der Waals surface area contributed by atoms with Gasteiger partial charge in [-0.2, -0.15) is 13.2 Å². The van der Waals surface area contributed by atoms with Crippen LogP contribution in [0.25, 0.3) is 11.1 Å². The zero-order valence-corrected chi connectivity index (χ0v) is 10.1. The number of halogens is 3. The Balaban J connectivity index is 2.63. The van der Waals surface area contributed by atoms with Crippen molar-refractivity contribution in [3.05, 3.63) is 35.9 Å². The first-order valence-corrected chi connectivity index (χ1v) is 5.48. The van der Waals surface area contributed by atoms with Gasteiger partial charge in [-0.15, -0.1) is 0 Å². The standard InChI is InChI=1S/C13H11F3N2O2/c14-13(15,16)8-3-7(4-10(18)12(8)20)6-1-2-9(17)11(19)5-6/h1-5,19-20H,17-18H2. The number of anilines is 2. The molecule has 0 amide bonds. The molecule has 0 fully saturated rings. The second kappa shape index (κ2) is 4.52. The second-order valence-corrected chi connectivity index (χ2v) is 4.23. The predicted octanol–water partition coefficient (Wildman–Crippen LogP) is 2.95. The Morgan fingerprint density at radius 2 is 1.50 bits per heavy atom. The highest BCUT2D eigenvalue weighted by atomic mass is 19.4. The van der Waals surface area contributed by atoms with E-state index in [1.807, 2.05) is 0 Å². The van der Waals surface area contributed by atoms with Crippen LogP contribution < -0.4 is 11.5 Å². The van der Waals surface area contributed by atoms with Crippen LogP contribution >= 0.6 is 0 Å². The molecule has 0 unspecified atom stereocenters. The summed E-state index contributed by atoms with van der Waals surface area (Å²) in [5, 5.41) is 18.9. The number of nitrogen functional groups attached to an aromatic ring is 2. The first-order chi connectivity index (χ1) is 9.20. The zero-order valence-electron chi connectivity index (χ0n) is 10.1. The van der Waals surface area contributed by atoms with E-state index in [0.717, 1.165) is 6.07 Å². The molecule has 0 saturated carbocycles. The summed E-state index contributed by atoms with van der Waals surface area (Å²) in [6, 6.07) is 5.98. The van der Waals surface area contributed by atoms with E-state index in [0.29, 0.717) is 5.56 Å². The van der Waals surface area contributed by atoms with Crippen LogP contribution in [0.4, 0.5) is 24.5 Å². The van der Waals surface area contributed by atoms with Crippen LogP contribution in [0, 0.1) is 0 Å². The average molecular weight is 284 g/mol. The maximum absolute atomic E-state index is 12.8. The molecule has 2 aromatic rings. The molecule has 0 aliphatic carbocycles. The predicted molar refractivity (Wildman–Crippen MR) is 69.0 cm³/mol. The molecule has 0 aromatic heterocycles. The largest absolute Gasteiger partial charge is 0.506 e. The molecular weight excluding hydrogens is 273 g/mol. The number of nitrogens with two attached hydrogens (primary N) is 2. The number of benzene rings is 2. The summed E-state index contributed by atoms with van der Waals surface area (Å²) >= 11 is 0. The van der Waals surface area contributed by atoms with Gasteiger partial charge in [0.25, 0.3) is 0 Å². The fourth-order valence-corrected chi connectivity index (χ4v) is 1.76. The molecule has 0 saturated heterocycles. The highest BCUT2D eigenvalue weighted by molar-refractivity contribution is 5.75. The van der Waals surface area contributed by atoms with Crippen molar-refractivity contribution < 1.29 is 23.4 Å². The summed E-state index contributed by atoms with van der Waals surface area (Å²) in [7, 11) is 0. The summed E-state index contributed by atoms with van der Waals surface area (Å²) in [6.07, 6.45) is -4.73. The molecule has 0 heterocycles. The molecule has 0 atom stereocenters. The first kappa shape index (κ1) is 13.9. The minimum absolute atomic E-state index is 0.108. The molecule has 0 spiro atoms. The highest BCUT2D eigenvalue weighted by Crippen LogP contribution is 2.42. The molecule has 4 nitrogen and oxygen atoms in total. The van der Waals surface area contributed by atoms with Gasteiger partial charge in [0.15, 0.2) is 5.75 Å². The van der Waals surface area contributed by atoms with E-state index in [9.17, 15) is 23.4 Å². The van der Waals surface area contributed by atoms with E-state index in [1.165, 1.54) is 24.3 Å². The number of phenols is 2. The van der Waals surface area contributed by atoms with Gasteiger partial charge >= 0.3 is 6.18 Å². The van der Waals surface area contributed by atoms with E-state index < -0.39 is 23.2 Å². The second-order valence-electron chi connectivity index (χ2n) is 4.23. The lowest BCUT2D eigenvalue weighted by Crippen LogP contribution is -2.07. The topological polar surface area (TPSA) is 92.5 Å². The van der Waals surface area contributed by atoms with Gasteiger partial charge in [-0.1, -0.05) is 6.07 Å². The lowest BCUT2D eigenvalue weighted by atomic mass is 10.0. The number of aromatic hydroxyl groups is 2. The third kappa shape index (κ3) is 2.42. The smallest absolute Gasteiger partial charge is 0.420 e. The fraction of sp³-hybridized carbons (Fsp3) is 0.0769. The van der Waals surface area contributed by atoms with Gasteiger partial charge in [0, 0.05) is 0 Å². The maximum Gasteiger partial charge on any atom is 0.420 e. The zero-order chi connectivity index (χ0) is 15.1. The van der Waals surface area contributed by atoms with Crippen molar-refractivity contribution in [1.29, 1.82) is 0 Å². The van der Waals surface area contributed by atoms with Gasteiger partial charge in [-0.05, 0) is 35.4 Å². The van der Waals surface area contributed by atoms with Gasteiger partial charge in [0.2, 0.25) is 0 Å². The van der Waals surface area contributed by atoms with E-state index in [2.05, 4.69) is 0 Å². The van der Waals surface area contributed by atoms with Crippen LogP contribution in [0.15, 0.2) is 30.3 Å².